The molecule has 0 saturated carbocycles. The zero-order valence-corrected chi connectivity index (χ0v) is 17.5. The summed E-state index contributed by atoms with van der Waals surface area (Å²) in [5.74, 6) is 0.0778. The number of rotatable bonds is 7. The van der Waals surface area contributed by atoms with Crippen LogP contribution in [0.25, 0.3) is 0 Å². The standard InChI is InChI=1S/C18H25N3O4S2/c1-5-13-11-26-16(20-13)15(21-17(22)18(2,3)4)10-12-6-8-14(9-7-12)25-27(19,23)24/h6-9,11,15H,5,10H2,1-4H3,(H,21,22)(H2,19,23,24). The Morgan fingerprint density at radius 3 is 2.41 bits per heavy atom. The van der Waals surface area contributed by atoms with Crippen molar-refractivity contribution in [1.29, 1.82) is 0 Å². The average Bonchev–Trinajstić information content (AvgIpc) is 3.02. The van der Waals surface area contributed by atoms with Crippen molar-refractivity contribution in [3.63, 3.8) is 0 Å². The van der Waals surface area contributed by atoms with Gasteiger partial charge in [0.15, 0.2) is 0 Å². The molecule has 0 radical (unpaired) electrons. The molecule has 2 aromatic rings. The maximum atomic E-state index is 12.5. The van der Waals surface area contributed by atoms with Crippen LogP contribution >= 0.6 is 11.3 Å². The number of nitrogens with one attached hydrogen (secondary N) is 1. The summed E-state index contributed by atoms with van der Waals surface area (Å²) in [5.41, 5.74) is 1.38. The highest BCUT2D eigenvalue weighted by Crippen LogP contribution is 2.26. The van der Waals surface area contributed by atoms with Gasteiger partial charge in [-0.2, -0.15) is 13.6 Å². The van der Waals surface area contributed by atoms with Crippen molar-refractivity contribution in [2.24, 2.45) is 10.6 Å². The Balaban J connectivity index is 2.21. The van der Waals surface area contributed by atoms with Crippen LogP contribution in [0.1, 0.15) is 50.0 Å². The maximum Gasteiger partial charge on any atom is 0.380 e. The number of aryl methyl sites for hydroxylation is 1. The van der Waals surface area contributed by atoms with Crippen LogP contribution in [0.4, 0.5) is 0 Å². The molecule has 0 bridgehead atoms. The zero-order chi connectivity index (χ0) is 20.2. The van der Waals surface area contributed by atoms with Gasteiger partial charge < -0.3 is 9.50 Å². The van der Waals surface area contributed by atoms with Gasteiger partial charge in [-0.1, -0.05) is 39.8 Å². The van der Waals surface area contributed by atoms with Crippen LogP contribution in [-0.4, -0.2) is 19.3 Å². The van der Waals surface area contributed by atoms with E-state index < -0.39 is 15.7 Å². The molecule has 27 heavy (non-hydrogen) atoms. The normalized spacial score (nSPS) is 13.2. The molecule has 0 aliphatic rings. The highest BCUT2D eigenvalue weighted by Gasteiger charge is 2.26. The van der Waals surface area contributed by atoms with Gasteiger partial charge in [0.2, 0.25) is 5.91 Å². The van der Waals surface area contributed by atoms with Crippen LogP contribution in [0, 0.1) is 5.41 Å². The smallest absolute Gasteiger partial charge is 0.371 e. The summed E-state index contributed by atoms with van der Waals surface area (Å²) in [7, 11) is -4.05. The Labute approximate surface area is 164 Å². The first-order valence-corrected chi connectivity index (χ1v) is 10.9. The van der Waals surface area contributed by atoms with Gasteiger partial charge in [-0.25, -0.2) is 4.98 Å². The average molecular weight is 412 g/mol. The molecule has 7 nitrogen and oxygen atoms in total. The molecule has 2 rings (SSSR count). The fourth-order valence-corrected chi connectivity index (χ4v) is 3.60. The van der Waals surface area contributed by atoms with Crippen molar-refractivity contribution in [3.05, 3.63) is 45.9 Å². The number of aromatic nitrogens is 1. The summed E-state index contributed by atoms with van der Waals surface area (Å²) < 4.78 is 26.6. The summed E-state index contributed by atoms with van der Waals surface area (Å²) >= 11 is 1.52. The number of nitrogens with zero attached hydrogens (tertiary/aromatic N) is 1. The van der Waals surface area contributed by atoms with E-state index in [1.807, 2.05) is 33.1 Å². The van der Waals surface area contributed by atoms with Crippen molar-refractivity contribution in [1.82, 2.24) is 10.3 Å². The molecule has 1 heterocycles. The molecule has 1 aromatic heterocycles. The molecule has 148 valence electrons. The van der Waals surface area contributed by atoms with Gasteiger partial charge in [0.05, 0.1) is 11.7 Å². The third-order valence-corrected chi connectivity index (χ3v) is 5.22. The molecule has 0 aliphatic carbocycles. The number of amides is 1. The lowest BCUT2D eigenvalue weighted by molar-refractivity contribution is -0.129. The lowest BCUT2D eigenvalue weighted by Gasteiger charge is -2.23. The van der Waals surface area contributed by atoms with E-state index in [4.69, 9.17) is 5.14 Å². The molecule has 9 heteroatoms. The van der Waals surface area contributed by atoms with E-state index in [-0.39, 0.29) is 17.7 Å². The van der Waals surface area contributed by atoms with Gasteiger partial charge in [0, 0.05) is 10.8 Å². The first kappa shape index (κ1) is 21.3. The van der Waals surface area contributed by atoms with Gasteiger partial charge in [-0.3, -0.25) is 4.79 Å². The monoisotopic (exact) mass is 411 g/mol. The predicted molar refractivity (Wildman–Crippen MR) is 106 cm³/mol. The number of carbonyl (C=O) groups excluding carboxylic acids is 1. The topological polar surface area (TPSA) is 111 Å². The number of hydrogen-bond acceptors (Lipinski definition) is 6. The van der Waals surface area contributed by atoms with Crippen molar-refractivity contribution in [2.45, 2.75) is 46.6 Å². The fourth-order valence-electron chi connectivity index (χ4n) is 2.27. The number of thiazole rings is 1. The molecule has 3 N–H and O–H groups in total. The molecule has 0 saturated heterocycles. The molecular formula is C18H25N3O4S2. The Kier molecular flexibility index (Phi) is 6.61. The first-order chi connectivity index (χ1) is 12.5. The minimum absolute atomic E-state index is 0.0603. The van der Waals surface area contributed by atoms with E-state index >= 15 is 0 Å². The first-order valence-electron chi connectivity index (χ1n) is 8.54. The third kappa shape index (κ3) is 6.60. The quantitative estimate of drug-likeness (QED) is 0.728. The molecular weight excluding hydrogens is 386 g/mol. The molecule has 1 unspecified atom stereocenters. The van der Waals surface area contributed by atoms with Crippen LogP contribution in [0.2, 0.25) is 0 Å². The van der Waals surface area contributed by atoms with Crippen LogP contribution in [0.3, 0.4) is 0 Å². The number of benzene rings is 1. The minimum atomic E-state index is -4.05. The summed E-state index contributed by atoms with van der Waals surface area (Å²) in [4.78, 5) is 17.1. The Bertz CT molecular complexity index is 884. The number of nitrogens with two attached hydrogens (primary N) is 1. The predicted octanol–water partition coefficient (Wildman–Crippen LogP) is 2.73. The van der Waals surface area contributed by atoms with Gasteiger partial charge in [0.25, 0.3) is 0 Å². The lowest BCUT2D eigenvalue weighted by atomic mass is 9.94. The minimum Gasteiger partial charge on any atom is -0.371 e. The van der Waals surface area contributed by atoms with Crippen LogP contribution in [-0.2, 0) is 27.9 Å². The highest BCUT2D eigenvalue weighted by molar-refractivity contribution is 7.84. The van der Waals surface area contributed by atoms with E-state index in [2.05, 4.69) is 14.5 Å². The molecule has 1 atom stereocenters. The van der Waals surface area contributed by atoms with Gasteiger partial charge >= 0.3 is 10.3 Å². The number of carbonyl (C=O) groups is 1. The van der Waals surface area contributed by atoms with Crippen molar-refractivity contribution < 1.29 is 17.4 Å². The van der Waals surface area contributed by atoms with E-state index in [9.17, 15) is 13.2 Å². The third-order valence-electron chi connectivity index (χ3n) is 3.79. The highest BCUT2D eigenvalue weighted by atomic mass is 32.2. The van der Waals surface area contributed by atoms with Crippen LogP contribution in [0.15, 0.2) is 29.6 Å². The van der Waals surface area contributed by atoms with Gasteiger partial charge in [-0.15, -0.1) is 11.3 Å². The maximum absolute atomic E-state index is 12.5. The van der Waals surface area contributed by atoms with Gasteiger partial charge in [-0.05, 0) is 30.5 Å². The summed E-state index contributed by atoms with van der Waals surface area (Å²) in [5, 5.41) is 10.8. The van der Waals surface area contributed by atoms with Crippen molar-refractivity contribution in [3.8, 4) is 5.75 Å². The molecule has 1 amide bonds. The second-order valence-electron chi connectivity index (χ2n) is 7.23. The van der Waals surface area contributed by atoms with Gasteiger partial charge in [0.1, 0.15) is 10.8 Å². The largest absolute Gasteiger partial charge is 0.380 e. The number of hydrogen-bond donors (Lipinski definition) is 2. The van der Waals surface area contributed by atoms with Crippen LogP contribution in [0.5, 0.6) is 5.75 Å². The van der Waals surface area contributed by atoms with E-state index in [0.717, 1.165) is 22.7 Å². The molecule has 0 spiro atoms. The molecule has 1 aromatic carbocycles. The fraction of sp³-hybridized carbons (Fsp3) is 0.444. The van der Waals surface area contributed by atoms with Crippen LogP contribution < -0.4 is 14.6 Å². The van der Waals surface area contributed by atoms with E-state index in [1.165, 1.54) is 23.5 Å². The summed E-state index contributed by atoms with van der Waals surface area (Å²) in [6.07, 6.45) is 1.35. The second-order valence-corrected chi connectivity index (χ2v) is 9.27. The van der Waals surface area contributed by atoms with Crippen molar-refractivity contribution >= 4 is 27.5 Å². The van der Waals surface area contributed by atoms with E-state index in [1.54, 1.807) is 12.1 Å². The molecule has 0 aliphatic heterocycles. The lowest BCUT2D eigenvalue weighted by Crippen LogP contribution is -2.38. The summed E-state index contributed by atoms with van der Waals surface area (Å²) in [6.45, 7) is 7.61. The summed E-state index contributed by atoms with van der Waals surface area (Å²) in [6, 6.07) is 6.27. The Morgan fingerprint density at radius 1 is 1.30 bits per heavy atom. The second kappa shape index (κ2) is 8.37. The SMILES string of the molecule is CCc1csc(C(Cc2ccc(OS(N)(=O)=O)cc2)NC(=O)C(C)(C)C)n1. The Morgan fingerprint density at radius 2 is 1.93 bits per heavy atom. The van der Waals surface area contributed by atoms with Crippen molar-refractivity contribution in [2.75, 3.05) is 0 Å². The zero-order valence-electron chi connectivity index (χ0n) is 15.9. The van der Waals surface area contributed by atoms with E-state index in [0.29, 0.717) is 6.42 Å². The molecule has 0 fully saturated rings. The Hall–Kier alpha value is -1.97.